The number of para-hydroxylation sites is 2. The summed E-state index contributed by atoms with van der Waals surface area (Å²) in [6, 6.07) is 22.9. The molecule has 116 valence electrons. The number of nitrogens with one attached hydrogen (secondary N) is 2. The van der Waals surface area contributed by atoms with Crippen LogP contribution in [0.4, 0.5) is 5.95 Å². The van der Waals surface area contributed by atoms with E-state index in [1.54, 1.807) is 0 Å². The van der Waals surface area contributed by atoms with Crippen LogP contribution in [0.15, 0.2) is 71.7 Å². The van der Waals surface area contributed by atoms with Gasteiger partial charge in [0.05, 0.1) is 0 Å². The molecule has 0 fully saturated rings. The second-order valence-electron chi connectivity index (χ2n) is 5.94. The van der Waals surface area contributed by atoms with E-state index in [-0.39, 0.29) is 6.17 Å². The number of fused-ring (bicyclic) bond motifs is 4. The summed E-state index contributed by atoms with van der Waals surface area (Å²) in [5.74, 6) is 1.26. The molecular formula is C19H16N5+. The summed E-state index contributed by atoms with van der Waals surface area (Å²) >= 11 is 0. The second kappa shape index (κ2) is 4.83. The molecule has 0 spiro atoms. The average molecular weight is 314 g/mol. The molecule has 5 nitrogen and oxygen atoms in total. The van der Waals surface area contributed by atoms with E-state index in [0.29, 0.717) is 5.96 Å². The van der Waals surface area contributed by atoms with Crippen molar-refractivity contribution in [1.82, 2.24) is 4.98 Å². The highest BCUT2D eigenvalue weighted by Crippen LogP contribution is 2.29. The fraction of sp³-hybridized carbons (Fsp3) is 0.0526. The standard InChI is InChI=1S/C19H15N5/c20-18-22-17(14-9-5-7-12-6-1-2-8-13(12)14)24-16-11-4-3-10-15(16)21-19(24)23-18/h1-11,17H,(H3,20,21,22,23)/p+1/t17-/m0/s1. The van der Waals surface area contributed by atoms with Crippen molar-refractivity contribution < 1.29 is 4.57 Å². The monoisotopic (exact) mass is 314 g/mol. The van der Waals surface area contributed by atoms with Crippen molar-refractivity contribution in [3.63, 3.8) is 0 Å². The lowest BCUT2D eigenvalue weighted by Gasteiger charge is -2.19. The number of imidazole rings is 1. The number of hydrogen-bond donors (Lipinski definition) is 3. The van der Waals surface area contributed by atoms with E-state index >= 15 is 0 Å². The number of nitrogens with two attached hydrogens (primary N) is 1. The lowest BCUT2D eigenvalue weighted by Crippen LogP contribution is -2.48. The molecule has 1 aliphatic heterocycles. The summed E-state index contributed by atoms with van der Waals surface area (Å²) in [5, 5.41) is 5.52. The van der Waals surface area contributed by atoms with Gasteiger partial charge >= 0.3 is 5.95 Å². The first kappa shape index (κ1) is 13.1. The van der Waals surface area contributed by atoms with Crippen LogP contribution in [0.2, 0.25) is 0 Å². The van der Waals surface area contributed by atoms with Gasteiger partial charge in [0.1, 0.15) is 11.0 Å². The minimum Gasteiger partial charge on any atom is -0.357 e. The lowest BCUT2D eigenvalue weighted by atomic mass is 10.0. The molecule has 0 amide bonds. The number of anilines is 1. The molecular weight excluding hydrogens is 298 g/mol. The number of benzene rings is 3. The number of aromatic amines is 1. The Labute approximate surface area is 138 Å². The number of aromatic nitrogens is 2. The van der Waals surface area contributed by atoms with Crippen molar-refractivity contribution in [2.75, 3.05) is 5.32 Å². The molecule has 1 aliphatic rings. The lowest BCUT2D eigenvalue weighted by molar-refractivity contribution is -0.674. The van der Waals surface area contributed by atoms with Crippen LogP contribution >= 0.6 is 0 Å². The fourth-order valence-corrected chi connectivity index (χ4v) is 3.47. The van der Waals surface area contributed by atoms with Crippen LogP contribution in [0.3, 0.4) is 0 Å². The van der Waals surface area contributed by atoms with Crippen molar-refractivity contribution in [2.24, 2.45) is 10.7 Å². The van der Waals surface area contributed by atoms with E-state index in [0.717, 1.165) is 22.5 Å². The predicted molar refractivity (Wildman–Crippen MR) is 95.8 cm³/mol. The molecule has 3 aromatic carbocycles. The molecule has 0 saturated heterocycles. The zero-order chi connectivity index (χ0) is 16.1. The van der Waals surface area contributed by atoms with Crippen molar-refractivity contribution in [3.8, 4) is 0 Å². The topological polar surface area (TPSA) is 70.1 Å². The molecule has 0 radical (unpaired) electrons. The first-order valence-corrected chi connectivity index (χ1v) is 7.91. The molecule has 1 atom stereocenters. The molecule has 5 heteroatoms. The zero-order valence-corrected chi connectivity index (χ0v) is 12.9. The fourth-order valence-electron chi connectivity index (χ4n) is 3.47. The van der Waals surface area contributed by atoms with Crippen LogP contribution in [0.25, 0.3) is 21.8 Å². The third-order valence-electron chi connectivity index (χ3n) is 4.51. The Morgan fingerprint density at radius 2 is 1.71 bits per heavy atom. The summed E-state index contributed by atoms with van der Waals surface area (Å²) in [6.45, 7) is 0. The first-order chi connectivity index (χ1) is 11.8. The van der Waals surface area contributed by atoms with Crippen LogP contribution < -0.4 is 15.6 Å². The van der Waals surface area contributed by atoms with Gasteiger partial charge in [0.15, 0.2) is 0 Å². The van der Waals surface area contributed by atoms with Gasteiger partial charge in [-0.05, 0) is 22.9 Å². The summed E-state index contributed by atoms with van der Waals surface area (Å²) in [7, 11) is 0. The molecule has 4 aromatic rings. The molecule has 1 aromatic heterocycles. The maximum absolute atomic E-state index is 6.05. The van der Waals surface area contributed by atoms with E-state index in [4.69, 9.17) is 10.7 Å². The van der Waals surface area contributed by atoms with Gasteiger partial charge in [0.2, 0.25) is 6.17 Å². The minimum atomic E-state index is -0.205. The van der Waals surface area contributed by atoms with Crippen LogP contribution in [0.1, 0.15) is 11.7 Å². The SMILES string of the molecule is NC1=N[C@H](c2cccc3ccccc23)[n+]2c([nH]c3ccccc32)N1. The van der Waals surface area contributed by atoms with Crippen molar-refractivity contribution in [3.05, 3.63) is 72.3 Å². The Hall–Kier alpha value is -3.34. The van der Waals surface area contributed by atoms with Crippen molar-refractivity contribution >= 4 is 33.7 Å². The Morgan fingerprint density at radius 1 is 0.917 bits per heavy atom. The number of nitrogens with zero attached hydrogens (tertiary/aromatic N) is 2. The quantitative estimate of drug-likeness (QED) is 0.473. The molecule has 4 N–H and O–H groups in total. The van der Waals surface area contributed by atoms with Gasteiger partial charge in [0.25, 0.3) is 5.96 Å². The van der Waals surface area contributed by atoms with E-state index in [1.807, 2.05) is 12.1 Å². The van der Waals surface area contributed by atoms with Gasteiger partial charge in [-0.1, -0.05) is 54.6 Å². The van der Waals surface area contributed by atoms with Crippen molar-refractivity contribution in [2.45, 2.75) is 6.17 Å². The van der Waals surface area contributed by atoms with Crippen LogP contribution in [0.5, 0.6) is 0 Å². The third-order valence-corrected chi connectivity index (χ3v) is 4.51. The minimum absolute atomic E-state index is 0.205. The number of H-pyrrole nitrogens is 1. The van der Waals surface area contributed by atoms with Gasteiger partial charge in [-0.25, -0.2) is 14.9 Å². The number of guanidine groups is 1. The summed E-state index contributed by atoms with van der Waals surface area (Å²) in [6.07, 6.45) is -0.205. The molecule has 24 heavy (non-hydrogen) atoms. The van der Waals surface area contributed by atoms with Crippen LogP contribution in [0, 0.1) is 0 Å². The first-order valence-electron chi connectivity index (χ1n) is 7.91. The third kappa shape index (κ3) is 1.81. The zero-order valence-electron chi connectivity index (χ0n) is 12.9. The Morgan fingerprint density at radius 3 is 2.67 bits per heavy atom. The predicted octanol–water partition coefficient (Wildman–Crippen LogP) is 2.90. The van der Waals surface area contributed by atoms with E-state index in [1.165, 1.54) is 10.8 Å². The Kier molecular flexibility index (Phi) is 2.64. The molecule has 2 heterocycles. The van der Waals surface area contributed by atoms with E-state index < -0.39 is 0 Å². The number of aliphatic imine (C=N–C) groups is 1. The highest BCUT2D eigenvalue weighted by molar-refractivity contribution is 5.93. The number of rotatable bonds is 1. The van der Waals surface area contributed by atoms with Crippen molar-refractivity contribution in [1.29, 1.82) is 0 Å². The summed E-state index contributed by atoms with van der Waals surface area (Å²) < 4.78 is 2.16. The average Bonchev–Trinajstić information content (AvgIpc) is 2.98. The van der Waals surface area contributed by atoms with Gasteiger partial charge in [-0.2, -0.15) is 4.99 Å². The Bertz CT molecular complexity index is 1100. The van der Waals surface area contributed by atoms with E-state index in [2.05, 4.69) is 69.5 Å². The largest absolute Gasteiger partial charge is 0.365 e. The normalized spacial score (nSPS) is 16.7. The molecule has 0 saturated carbocycles. The molecule has 0 aliphatic carbocycles. The molecule has 0 unspecified atom stereocenters. The highest BCUT2D eigenvalue weighted by Gasteiger charge is 2.31. The summed E-state index contributed by atoms with van der Waals surface area (Å²) in [5.41, 5.74) is 9.32. The van der Waals surface area contributed by atoms with Crippen LogP contribution in [-0.4, -0.2) is 10.9 Å². The van der Waals surface area contributed by atoms with Gasteiger partial charge in [0, 0.05) is 5.56 Å². The maximum Gasteiger partial charge on any atom is 0.365 e. The summed E-state index contributed by atoms with van der Waals surface area (Å²) in [4.78, 5) is 8.08. The molecule has 5 rings (SSSR count). The van der Waals surface area contributed by atoms with Gasteiger partial charge in [-0.15, -0.1) is 0 Å². The molecule has 0 bridgehead atoms. The maximum atomic E-state index is 6.05. The highest BCUT2D eigenvalue weighted by atomic mass is 15.4. The van der Waals surface area contributed by atoms with E-state index in [9.17, 15) is 0 Å². The number of hydrogen-bond acceptors (Lipinski definition) is 3. The van der Waals surface area contributed by atoms with Crippen LogP contribution in [-0.2, 0) is 0 Å². The van der Waals surface area contributed by atoms with Gasteiger partial charge in [-0.3, -0.25) is 0 Å². The smallest absolute Gasteiger partial charge is 0.357 e. The Balaban J connectivity index is 1.83. The second-order valence-corrected chi connectivity index (χ2v) is 5.94. The van der Waals surface area contributed by atoms with Gasteiger partial charge < -0.3 is 5.73 Å².